The molecule has 3 atom stereocenters. The number of amides is 2. The van der Waals surface area contributed by atoms with Crippen LogP contribution in [0.15, 0.2) is 47.5 Å². The van der Waals surface area contributed by atoms with E-state index in [1.54, 1.807) is 12.1 Å². The van der Waals surface area contributed by atoms with Crippen LogP contribution in [-0.2, 0) is 9.59 Å². The largest absolute Gasteiger partial charge is 0.504 e. The Labute approximate surface area is 200 Å². The van der Waals surface area contributed by atoms with Crippen LogP contribution >= 0.6 is 35.3 Å². The number of nitrogens with zero attached hydrogens (tertiary/aromatic N) is 2. The molecule has 5 rings (SSSR count). The number of H-pyrrole nitrogens is 1. The number of hydrogen-bond acceptors (Lipinski definition) is 9. The van der Waals surface area contributed by atoms with Crippen LogP contribution in [-0.4, -0.2) is 39.2 Å². The number of methoxy groups -OCH3 is 1. The number of thiazole rings is 1. The van der Waals surface area contributed by atoms with Crippen molar-refractivity contribution in [1.82, 2.24) is 4.98 Å². The number of non-ortho nitro benzene ring substituents is 1. The van der Waals surface area contributed by atoms with E-state index in [4.69, 9.17) is 17.0 Å². The number of carbonyl (C=O) groups is 2. The fourth-order valence-corrected chi connectivity index (χ4v) is 7.22. The number of imide groups is 1. The van der Waals surface area contributed by atoms with Gasteiger partial charge in [0.1, 0.15) is 5.25 Å². The number of aromatic nitrogens is 1. The second kappa shape index (κ2) is 7.97. The molecule has 3 aromatic rings. The number of aromatic amines is 1. The van der Waals surface area contributed by atoms with Gasteiger partial charge in [-0.2, -0.15) is 0 Å². The van der Waals surface area contributed by atoms with Gasteiger partial charge in [0.2, 0.25) is 11.8 Å². The maximum Gasteiger partial charge on any atom is 0.269 e. The summed E-state index contributed by atoms with van der Waals surface area (Å²) in [5, 5.41) is 21.3. The fourth-order valence-electron chi connectivity index (χ4n) is 4.25. The Balaban J connectivity index is 1.61. The predicted molar refractivity (Wildman–Crippen MR) is 125 cm³/mol. The molecule has 1 fully saturated rings. The van der Waals surface area contributed by atoms with Gasteiger partial charge in [0.15, 0.2) is 15.5 Å². The summed E-state index contributed by atoms with van der Waals surface area (Å²) >= 11 is 7.91. The molecule has 0 radical (unpaired) electrons. The van der Waals surface area contributed by atoms with E-state index in [9.17, 15) is 24.8 Å². The Morgan fingerprint density at radius 2 is 1.91 bits per heavy atom. The molecule has 1 saturated heterocycles. The van der Waals surface area contributed by atoms with E-state index in [-0.39, 0.29) is 17.1 Å². The van der Waals surface area contributed by atoms with E-state index in [1.165, 1.54) is 60.5 Å². The van der Waals surface area contributed by atoms with Gasteiger partial charge in [-0.25, -0.2) is 4.90 Å². The first-order valence-corrected chi connectivity index (χ1v) is 11.8. The van der Waals surface area contributed by atoms with Crippen molar-refractivity contribution in [1.29, 1.82) is 0 Å². The van der Waals surface area contributed by atoms with Gasteiger partial charge in [0.05, 0.1) is 28.7 Å². The summed E-state index contributed by atoms with van der Waals surface area (Å²) in [6.45, 7) is 0. The molecule has 3 heterocycles. The van der Waals surface area contributed by atoms with Gasteiger partial charge in [-0.05, 0) is 42.0 Å². The van der Waals surface area contributed by atoms with Gasteiger partial charge in [0.25, 0.3) is 5.69 Å². The predicted octanol–water partition coefficient (Wildman–Crippen LogP) is 4.22. The number of aromatic hydroxyl groups is 1. The zero-order valence-electron chi connectivity index (χ0n) is 16.9. The highest BCUT2D eigenvalue weighted by Gasteiger charge is 2.56. The molecule has 1 aromatic heterocycles. The van der Waals surface area contributed by atoms with Crippen LogP contribution < -0.4 is 9.64 Å². The molecule has 12 heteroatoms. The fraction of sp³-hybridized carbons (Fsp3) is 0.190. The quantitative estimate of drug-likeness (QED) is 0.236. The number of phenols is 1. The third-order valence-electron chi connectivity index (χ3n) is 5.70. The lowest BCUT2D eigenvalue weighted by Crippen LogP contribution is -2.32. The molecule has 3 unspecified atom stereocenters. The summed E-state index contributed by atoms with van der Waals surface area (Å²) < 4.78 is 5.67. The van der Waals surface area contributed by atoms with Crippen molar-refractivity contribution in [2.75, 3.05) is 12.0 Å². The summed E-state index contributed by atoms with van der Waals surface area (Å²) in [5.41, 5.74) is 0.797. The number of thioether (sulfide) groups is 1. The summed E-state index contributed by atoms with van der Waals surface area (Å²) in [4.78, 5) is 42.4. The normalized spacial score (nSPS) is 21.6. The number of benzene rings is 2. The van der Waals surface area contributed by atoms with Crippen LogP contribution in [0.5, 0.6) is 11.5 Å². The molecule has 2 N–H and O–H groups in total. The number of hydrogen-bond donors (Lipinski definition) is 2. The van der Waals surface area contributed by atoms with Gasteiger partial charge in [-0.3, -0.25) is 19.7 Å². The lowest BCUT2D eigenvalue weighted by molar-refractivity contribution is -0.384. The number of ether oxygens (including phenoxy) is 1. The minimum atomic E-state index is -0.737. The van der Waals surface area contributed by atoms with Crippen molar-refractivity contribution in [3.63, 3.8) is 0 Å². The molecule has 2 aliphatic rings. The molecule has 0 bridgehead atoms. The highest BCUT2D eigenvalue weighted by molar-refractivity contribution is 8.01. The number of anilines is 1. The highest BCUT2D eigenvalue weighted by Crippen LogP contribution is 2.54. The first kappa shape index (κ1) is 21.6. The third-order valence-corrected chi connectivity index (χ3v) is 8.46. The minimum Gasteiger partial charge on any atom is -0.504 e. The number of nitrogens with one attached hydrogen (secondary N) is 1. The van der Waals surface area contributed by atoms with E-state index in [1.807, 2.05) is 0 Å². The Morgan fingerprint density at radius 1 is 1.18 bits per heavy atom. The van der Waals surface area contributed by atoms with Crippen molar-refractivity contribution in [2.45, 2.75) is 16.2 Å². The summed E-state index contributed by atoms with van der Waals surface area (Å²) in [6, 6.07) is 10.2. The molecule has 0 spiro atoms. The monoisotopic (exact) mass is 501 g/mol. The van der Waals surface area contributed by atoms with Gasteiger partial charge < -0.3 is 14.8 Å². The number of fused-ring (bicyclic) bond motifs is 2. The lowest BCUT2D eigenvalue weighted by atomic mass is 9.83. The number of nitro groups is 1. The Morgan fingerprint density at radius 3 is 2.55 bits per heavy atom. The molecule has 2 amide bonds. The summed E-state index contributed by atoms with van der Waals surface area (Å²) in [5.74, 6) is -1.84. The molecular formula is C21H15N3O6S3. The smallest absolute Gasteiger partial charge is 0.269 e. The van der Waals surface area contributed by atoms with E-state index >= 15 is 0 Å². The molecule has 168 valence electrons. The highest BCUT2D eigenvalue weighted by atomic mass is 32.2. The molecule has 0 aliphatic carbocycles. The van der Waals surface area contributed by atoms with Crippen LogP contribution in [0.4, 0.5) is 11.4 Å². The second-order valence-corrected chi connectivity index (χ2v) is 10.3. The molecule has 2 aromatic carbocycles. The van der Waals surface area contributed by atoms with Gasteiger partial charge in [0, 0.05) is 22.9 Å². The Hall–Kier alpha value is -3.22. The van der Waals surface area contributed by atoms with Gasteiger partial charge in [-0.15, -0.1) is 11.3 Å². The van der Waals surface area contributed by atoms with E-state index in [2.05, 4.69) is 4.98 Å². The van der Waals surface area contributed by atoms with Crippen molar-refractivity contribution in [3.8, 4) is 11.5 Å². The Bertz CT molecular complexity index is 1370. The van der Waals surface area contributed by atoms with E-state index in [0.29, 0.717) is 15.3 Å². The standard InChI is InChI=1S/C21H15N3O6S3/c1-30-13-7-2-9(8-12(13)25)14-15-17(32-18-16(14)33-21(31)22-18)20(27)23(19(15)26)10-3-5-11(6-4-10)24(28)29/h2-8,14-15,17,25H,1H3,(H,22,31). The number of nitro benzene ring substituents is 1. The molecule has 0 saturated carbocycles. The average molecular weight is 502 g/mol. The number of rotatable bonds is 4. The Kier molecular flexibility index (Phi) is 5.22. The second-order valence-electron chi connectivity index (χ2n) is 7.47. The lowest BCUT2D eigenvalue weighted by Gasteiger charge is -2.30. The average Bonchev–Trinajstić information content (AvgIpc) is 3.28. The van der Waals surface area contributed by atoms with Gasteiger partial charge in [-0.1, -0.05) is 17.8 Å². The van der Waals surface area contributed by atoms with Crippen LogP contribution in [0.25, 0.3) is 0 Å². The maximum absolute atomic E-state index is 13.6. The maximum atomic E-state index is 13.6. The summed E-state index contributed by atoms with van der Waals surface area (Å²) in [6.07, 6.45) is 0. The van der Waals surface area contributed by atoms with E-state index < -0.39 is 33.8 Å². The minimum absolute atomic E-state index is 0.0746. The van der Waals surface area contributed by atoms with Crippen LogP contribution in [0.2, 0.25) is 0 Å². The zero-order chi connectivity index (χ0) is 23.4. The first-order valence-electron chi connectivity index (χ1n) is 9.69. The number of phenolic OH excluding ortho intramolecular Hbond substituents is 1. The number of carbonyl (C=O) groups excluding carboxylic acids is 2. The molecule has 9 nitrogen and oxygen atoms in total. The topological polar surface area (TPSA) is 126 Å². The van der Waals surface area contributed by atoms with Crippen molar-refractivity contribution in [3.05, 3.63) is 67.0 Å². The molecular weight excluding hydrogens is 486 g/mol. The van der Waals surface area contributed by atoms with Gasteiger partial charge >= 0.3 is 0 Å². The van der Waals surface area contributed by atoms with Crippen molar-refractivity contribution >= 4 is 58.5 Å². The van der Waals surface area contributed by atoms with Crippen LogP contribution in [0.3, 0.4) is 0 Å². The molecule has 2 aliphatic heterocycles. The van der Waals surface area contributed by atoms with Crippen molar-refractivity contribution in [2.24, 2.45) is 5.92 Å². The molecule has 33 heavy (non-hydrogen) atoms. The SMILES string of the molecule is COc1ccc(C2c3sc(=S)[nH]c3SC3C(=O)N(c4ccc([N+](=O)[O-])cc4)C(=O)C32)cc1O. The van der Waals surface area contributed by atoms with Crippen LogP contribution in [0, 0.1) is 20.0 Å². The van der Waals surface area contributed by atoms with Crippen molar-refractivity contribution < 1.29 is 24.4 Å². The van der Waals surface area contributed by atoms with E-state index in [0.717, 1.165) is 14.8 Å². The van der Waals surface area contributed by atoms with Crippen LogP contribution in [0.1, 0.15) is 16.4 Å². The third kappa shape index (κ3) is 3.41. The zero-order valence-corrected chi connectivity index (χ0v) is 19.3. The first-order chi connectivity index (χ1) is 15.8. The summed E-state index contributed by atoms with van der Waals surface area (Å²) in [7, 11) is 1.44.